The molecule has 2 aliphatic carbocycles. The lowest BCUT2D eigenvalue weighted by Gasteiger charge is -2.52. The molecule has 9 heteroatoms. The van der Waals surface area contributed by atoms with E-state index >= 15 is 0 Å². The van der Waals surface area contributed by atoms with Crippen LogP contribution in [0.5, 0.6) is 11.9 Å². The predicted octanol–water partition coefficient (Wildman–Crippen LogP) is 5.35. The highest BCUT2D eigenvalue weighted by Crippen LogP contribution is 2.51. The van der Waals surface area contributed by atoms with Crippen molar-refractivity contribution in [2.45, 2.75) is 76.8 Å². The molecule has 9 nitrogen and oxygen atoms in total. The zero-order valence-corrected chi connectivity index (χ0v) is 24.4. The van der Waals surface area contributed by atoms with E-state index in [1.54, 1.807) is 4.90 Å². The third-order valence-electron chi connectivity index (χ3n) is 9.44. The van der Waals surface area contributed by atoms with Crippen LogP contribution in [0.3, 0.4) is 0 Å². The van der Waals surface area contributed by atoms with Crippen molar-refractivity contribution < 1.29 is 14.3 Å². The lowest BCUT2D eigenvalue weighted by Crippen LogP contribution is -2.57. The van der Waals surface area contributed by atoms with Gasteiger partial charge in [0.05, 0.1) is 25.3 Å². The Labute approximate surface area is 238 Å². The van der Waals surface area contributed by atoms with Crippen LogP contribution in [0.15, 0.2) is 30.3 Å². The Bertz CT molecular complexity index is 1230. The predicted molar refractivity (Wildman–Crippen MR) is 153 cm³/mol. The molecule has 1 aromatic carbocycles. The van der Waals surface area contributed by atoms with E-state index < -0.39 is 0 Å². The summed E-state index contributed by atoms with van der Waals surface area (Å²) >= 11 is 0. The molecule has 2 aromatic rings. The van der Waals surface area contributed by atoms with E-state index in [4.69, 9.17) is 9.47 Å². The van der Waals surface area contributed by atoms with Gasteiger partial charge >= 0.3 is 12.0 Å². The van der Waals surface area contributed by atoms with E-state index in [9.17, 15) is 10.1 Å². The van der Waals surface area contributed by atoms with Crippen LogP contribution in [0.1, 0.15) is 77.0 Å². The highest BCUT2D eigenvalue weighted by atomic mass is 16.5. The molecule has 2 saturated carbocycles. The minimum atomic E-state index is -0.325. The van der Waals surface area contributed by atoms with Gasteiger partial charge in [0.15, 0.2) is 5.69 Å². The number of urea groups is 1. The first kappa shape index (κ1) is 28.2. The Balaban J connectivity index is 1.53. The monoisotopic (exact) mass is 546 g/mol. The zero-order chi connectivity index (χ0) is 28.3. The zero-order valence-electron chi connectivity index (χ0n) is 24.4. The maximum atomic E-state index is 14.3. The first-order valence-electron chi connectivity index (χ1n) is 14.8. The Kier molecular flexibility index (Phi) is 8.18. The van der Waals surface area contributed by atoms with E-state index in [0.717, 1.165) is 51.6 Å². The maximum Gasteiger partial charge on any atom is 0.325 e. The topological polar surface area (TPSA) is 94.8 Å². The summed E-state index contributed by atoms with van der Waals surface area (Å²) in [6.45, 7) is 8.82. The molecular formula is C31H42N6O3. The van der Waals surface area contributed by atoms with Gasteiger partial charge < -0.3 is 14.4 Å². The van der Waals surface area contributed by atoms with E-state index in [2.05, 4.69) is 70.1 Å². The van der Waals surface area contributed by atoms with Gasteiger partial charge in [0.1, 0.15) is 11.8 Å². The van der Waals surface area contributed by atoms with Gasteiger partial charge in [-0.3, -0.25) is 9.80 Å². The Morgan fingerprint density at radius 1 is 1.05 bits per heavy atom. The number of rotatable bonds is 10. The van der Waals surface area contributed by atoms with E-state index in [1.807, 2.05) is 13.8 Å². The molecule has 0 radical (unpaired) electrons. The standard InChI is InChI=1S/C31H42N6O3/c1-5-35(4)31(24-14-9-8-10-15-24)18-16-30(17-19-31)22-36(29(38)37(30)21-23-12-11-13-23)26-25(20-32)33-28(40-7-3)34-27(26)39-6-2/h8-10,14-15,23H,5-7,11-13,16-19,21-22H2,1-4H3. The number of benzene rings is 1. The number of anilines is 1. The molecule has 0 N–H and O–H groups in total. The average molecular weight is 547 g/mol. The largest absolute Gasteiger partial charge is 0.476 e. The highest BCUT2D eigenvalue weighted by Gasteiger charge is 2.56. The molecular weight excluding hydrogens is 504 g/mol. The third kappa shape index (κ3) is 4.87. The molecule has 214 valence electrons. The van der Waals surface area contributed by atoms with Gasteiger partial charge in [0.25, 0.3) is 0 Å². The van der Waals surface area contributed by atoms with Crippen LogP contribution in [-0.4, -0.2) is 71.2 Å². The summed E-state index contributed by atoms with van der Waals surface area (Å²) in [7, 11) is 2.22. The Hall–Kier alpha value is -3.38. The molecule has 0 unspecified atom stereocenters. The number of nitrogens with zero attached hydrogens (tertiary/aromatic N) is 6. The lowest BCUT2D eigenvalue weighted by molar-refractivity contribution is 0.00833. The fraction of sp³-hybridized carbons (Fsp3) is 0.613. The summed E-state index contributed by atoms with van der Waals surface area (Å²) in [6, 6.07) is 13.0. The smallest absolute Gasteiger partial charge is 0.325 e. The summed E-state index contributed by atoms with van der Waals surface area (Å²) in [4.78, 5) is 29.4. The van der Waals surface area contributed by atoms with Crippen molar-refractivity contribution in [3.63, 3.8) is 0 Å². The maximum absolute atomic E-state index is 14.3. The van der Waals surface area contributed by atoms with Gasteiger partial charge in [-0.25, -0.2) is 4.79 Å². The second kappa shape index (κ2) is 11.6. The first-order valence-corrected chi connectivity index (χ1v) is 14.8. The number of nitriles is 1. The van der Waals surface area contributed by atoms with Crippen molar-refractivity contribution in [2.75, 3.05) is 44.8 Å². The molecule has 1 aliphatic heterocycles. The van der Waals surface area contributed by atoms with Gasteiger partial charge in [-0.05, 0) is 77.4 Å². The van der Waals surface area contributed by atoms with Crippen molar-refractivity contribution in [3.8, 4) is 18.0 Å². The summed E-state index contributed by atoms with van der Waals surface area (Å²) in [5.74, 6) is 0.755. The van der Waals surface area contributed by atoms with Crippen molar-refractivity contribution in [1.82, 2.24) is 19.8 Å². The highest BCUT2D eigenvalue weighted by molar-refractivity contribution is 5.97. The van der Waals surface area contributed by atoms with Crippen molar-refractivity contribution in [3.05, 3.63) is 41.6 Å². The van der Waals surface area contributed by atoms with Crippen LogP contribution in [-0.2, 0) is 5.54 Å². The molecule has 0 bridgehead atoms. The Morgan fingerprint density at radius 3 is 2.33 bits per heavy atom. The molecule has 2 amide bonds. The molecule has 5 rings (SSSR count). The number of hydrogen-bond acceptors (Lipinski definition) is 7. The minimum absolute atomic E-state index is 0.0730. The summed E-state index contributed by atoms with van der Waals surface area (Å²) in [5, 5.41) is 10.1. The molecule has 2 heterocycles. The van der Waals surface area contributed by atoms with Crippen molar-refractivity contribution in [2.24, 2.45) is 5.92 Å². The second-order valence-corrected chi connectivity index (χ2v) is 11.4. The van der Waals surface area contributed by atoms with E-state index in [1.165, 1.54) is 12.0 Å². The fourth-order valence-corrected chi connectivity index (χ4v) is 6.84. The molecule has 3 aliphatic rings. The van der Waals surface area contributed by atoms with Crippen LogP contribution in [0, 0.1) is 17.2 Å². The van der Waals surface area contributed by atoms with E-state index in [0.29, 0.717) is 31.4 Å². The molecule has 3 fully saturated rings. The molecule has 1 spiro atoms. The van der Waals surface area contributed by atoms with Crippen LogP contribution in [0.4, 0.5) is 10.5 Å². The minimum Gasteiger partial charge on any atom is -0.476 e. The van der Waals surface area contributed by atoms with Gasteiger partial charge in [-0.2, -0.15) is 15.2 Å². The average Bonchev–Trinajstić information content (AvgIpc) is 3.21. The molecule has 1 saturated heterocycles. The van der Waals surface area contributed by atoms with Crippen molar-refractivity contribution >= 4 is 11.7 Å². The lowest BCUT2D eigenvalue weighted by atomic mass is 9.68. The van der Waals surface area contributed by atoms with Crippen LogP contribution in [0.25, 0.3) is 0 Å². The van der Waals surface area contributed by atoms with Gasteiger partial charge in [0, 0.05) is 12.1 Å². The quantitative estimate of drug-likeness (QED) is 0.397. The summed E-state index contributed by atoms with van der Waals surface area (Å²) in [5.41, 5.74) is 1.41. The number of hydrogen-bond donors (Lipinski definition) is 0. The molecule has 1 aromatic heterocycles. The van der Waals surface area contributed by atoms with Crippen LogP contribution in [0.2, 0.25) is 0 Å². The number of carbonyl (C=O) groups excluding carboxylic acids is 1. The summed E-state index contributed by atoms with van der Waals surface area (Å²) < 4.78 is 11.4. The SMILES string of the molecule is CCOc1nc(C#N)c(N2CC3(CCC(c4ccccc4)(N(C)CC)CC3)N(CC3CCC3)C2=O)c(OCC)n1. The summed E-state index contributed by atoms with van der Waals surface area (Å²) in [6.07, 6.45) is 7.20. The third-order valence-corrected chi connectivity index (χ3v) is 9.44. The number of amides is 2. The molecule has 40 heavy (non-hydrogen) atoms. The normalized spacial score (nSPS) is 24.9. The van der Waals surface area contributed by atoms with Crippen LogP contribution < -0.4 is 14.4 Å². The van der Waals surface area contributed by atoms with Crippen molar-refractivity contribution in [1.29, 1.82) is 5.26 Å². The Morgan fingerprint density at radius 2 is 1.75 bits per heavy atom. The molecule has 0 atom stereocenters. The first-order chi connectivity index (χ1) is 19.4. The van der Waals surface area contributed by atoms with Gasteiger partial charge in [-0.15, -0.1) is 0 Å². The van der Waals surface area contributed by atoms with E-state index in [-0.39, 0.29) is 34.7 Å². The number of aromatic nitrogens is 2. The van der Waals surface area contributed by atoms with Gasteiger partial charge in [-0.1, -0.05) is 43.7 Å². The number of ether oxygens (including phenoxy) is 2. The second-order valence-electron chi connectivity index (χ2n) is 11.4. The van der Waals surface area contributed by atoms with Gasteiger partial charge in [0.2, 0.25) is 5.88 Å². The fourth-order valence-electron chi connectivity index (χ4n) is 6.84. The number of carbonyl (C=O) groups is 1. The van der Waals surface area contributed by atoms with Crippen LogP contribution >= 0.6 is 0 Å².